The highest BCUT2D eigenvalue weighted by Crippen LogP contribution is 2.01. The normalized spacial score (nSPS) is 10.8. The molecule has 0 aliphatic carbocycles. The van der Waals surface area contributed by atoms with Crippen molar-refractivity contribution in [2.45, 2.75) is 51.4 Å². The molecule has 0 bridgehead atoms. The van der Waals surface area contributed by atoms with Gasteiger partial charge in [-0.3, -0.25) is 0 Å². The number of carbonyl (C=O) groups is 2. The minimum absolute atomic E-state index is 0.187. The number of hydrogen-bond acceptors (Lipinski definition) is 6. The van der Waals surface area contributed by atoms with Crippen LogP contribution in [0.1, 0.15) is 51.4 Å². The molecule has 0 aromatic heterocycles. The van der Waals surface area contributed by atoms with E-state index < -0.39 is 11.9 Å². The van der Waals surface area contributed by atoms with Crippen molar-refractivity contribution in [1.29, 1.82) is 0 Å². The molecule has 0 radical (unpaired) electrons. The third-order valence-electron chi connectivity index (χ3n) is 2.95. The van der Waals surface area contributed by atoms with Crippen LogP contribution >= 0.6 is 0 Å². The van der Waals surface area contributed by atoms with Gasteiger partial charge in [0, 0.05) is 25.4 Å². The quantitative estimate of drug-likeness (QED) is 0.288. The molecule has 2 N–H and O–H groups in total. The first kappa shape index (κ1) is 20.6. The number of unbranched alkanes of at least 4 members (excludes halogenated alkanes) is 6. The average Bonchev–Trinajstić information content (AvgIpc) is 2.52. The van der Waals surface area contributed by atoms with Gasteiger partial charge >= 0.3 is 11.9 Å². The summed E-state index contributed by atoms with van der Waals surface area (Å²) in [6.07, 6.45) is 8.79. The second-order valence-corrected chi connectivity index (χ2v) is 4.94. The van der Waals surface area contributed by atoms with E-state index in [9.17, 15) is 9.59 Å². The first-order chi connectivity index (χ1) is 10.7. The van der Waals surface area contributed by atoms with Crippen molar-refractivity contribution in [1.82, 2.24) is 0 Å². The first-order valence-electron chi connectivity index (χ1n) is 7.94. The zero-order valence-corrected chi connectivity index (χ0v) is 13.2. The molecule has 0 unspecified atom stereocenters. The van der Waals surface area contributed by atoms with Gasteiger partial charge in [0.1, 0.15) is 0 Å². The predicted molar refractivity (Wildman–Crippen MR) is 82.2 cm³/mol. The van der Waals surface area contributed by atoms with Crippen molar-refractivity contribution in [3.63, 3.8) is 0 Å². The molecule has 0 spiro atoms. The Morgan fingerprint density at radius 1 is 0.636 bits per heavy atom. The van der Waals surface area contributed by atoms with Crippen LogP contribution in [0.3, 0.4) is 0 Å². The summed E-state index contributed by atoms with van der Waals surface area (Å²) in [7, 11) is 0. The molecule has 0 saturated carbocycles. The van der Waals surface area contributed by atoms with E-state index in [2.05, 4.69) is 0 Å². The maximum atomic E-state index is 11.3. The minimum Gasteiger partial charge on any atom is -0.463 e. The van der Waals surface area contributed by atoms with Gasteiger partial charge in [-0.15, -0.1) is 0 Å². The Bertz CT molecular complexity index is 284. The zero-order chi connectivity index (χ0) is 16.5. The summed E-state index contributed by atoms with van der Waals surface area (Å²) < 4.78 is 9.85. The molecule has 0 saturated heterocycles. The number of aliphatic hydroxyl groups is 2. The van der Waals surface area contributed by atoms with Crippen LogP contribution in [0.2, 0.25) is 0 Å². The summed E-state index contributed by atoms with van der Waals surface area (Å²) in [5.41, 5.74) is 0. The lowest BCUT2D eigenvalue weighted by molar-refractivity contribution is -0.140. The Morgan fingerprint density at radius 3 is 1.36 bits per heavy atom. The largest absolute Gasteiger partial charge is 0.463 e. The van der Waals surface area contributed by atoms with Crippen molar-refractivity contribution in [3.05, 3.63) is 12.2 Å². The molecular weight excluding hydrogens is 288 g/mol. The fourth-order valence-electron chi connectivity index (χ4n) is 1.71. The van der Waals surface area contributed by atoms with Crippen molar-refractivity contribution in [2.75, 3.05) is 26.4 Å². The summed E-state index contributed by atoms with van der Waals surface area (Å²) in [6.45, 7) is 1.00. The molecule has 22 heavy (non-hydrogen) atoms. The third kappa shape index (κ3) is 15.0. The van der Waals surface area contributed by atoms with Crippen LogP contribution in [0, 0.1) is 0 Å². The van der Waals surface area contributed by atoms with Gasteiger partial charge in [0.2, 0.25) is 0 Å². The summed E-state index contributed by atoms with van der Waals surface area (Å²) in [6, 6.07) is 0. The monoisotopic (exact) mass is 316 g/mol. The Hall–Kier alpha value is -1.40. The number of carbonyl (C=O) groups excluding carboxylic acids is 2. The highest BCUT2D eigenvalue weighted by molar-refractivity contribution is 5.91. The highest BCUT2D eigenvalue weighted by atomic mass is 16.5. The first-order valence-corrected chi connectivity index (χ1v) is 7.94. The number of esters is 2. The number of hydrogen-bond donors (Lipinski definition) is 2. The van der Waals surface area contributed by atoms with Crippen LogP contribution in [-0.4, -0.2) is 48.6 Å². The molecule has 0 heterocycles. The maximum Gasteiger partial charge on any atom is 0.331 e. The van der Waals surface area contributed by atoms with Crippen LogP contribution in [0.4, 0.5) is 0 Å². The molecule has 128 valence electrons. The van der Waals surface area contributed by atoms with Gasteiger partial charge in [-0.2, -0.15) is 0 Å². The van der Waals surface area contributed by atoms with Gasteiger partial charge in [-0.1, -0.05) is 12.8 Å². The lowest BCUT2D eigenvalue weighted by Gasteiger charge is -2.02. The Morgan fingerprint density at radius 2 is 1.00 bits per heavy atom. The lowest BCUT2D eigenvalue weighted by Crippen LogP contribution is -2.06. The van der Waals surface area contributed by atoms with E-state index in [0.717, 1.165) is 63.5 Å². The molecule has 0 aromatic carbocycles. The van der Waals surface area contributed by atoms with E-state index in [-0.39, 0.29) is 13.2 Å². The summed E-state index contributed by atoms with van der Waals surface area (Å²) in [5.74, 6) is -1.11. The minimum atomic E-state index is -0.554. The average molecular weight is 316 g/mol. The van der Waals surface area contributed by atoms with Crippen LogP contribution in [0.15, 0.2) is 12.2 Å². The van der Waals surface area contributed by atoms with Gasteiger partial charge in [0.05, 0.1) is 13.2 Å². The van der Waals surface area contributed by atoms with Gasteiger partial charge in [0.15, 0.2) is 0 Å². The number of rotatable bonds is 14. The Kier molecular flexibility index (Phi) is 15.0. The van der Waals surface area contributed by atoms with Crippen LogP contribution in [-0.2, 0) is 19.1 Å². The smallest absolute Gasteiger partial charge is 0.331 e. The van der Waals surface area contributed by atoms with Crippen molar-refractivity contribution >= 4 is 11.9 Å². The molecule has 6 heteroatoms. The van der Waals surface area contributed by atoms with E-state index in [0.29, 0.717) is 13.2 Å². The van der Waals surface area contributed by atoms with Crippen LogP contribution in [0.25, 0.3) is 0 Å². The fourth-order valence-corrected chi connectivity index (χ4v) is 1.71. The Labute approximate surface area is 132 Å². The van der Waals surface area contributed by atoms with E-state index in [1.165, 1.54) is 0 Å². The molecule has 0 aliphatic rings. The molecule has 0 atom stereocenters. The third-order valence-corrected chi connectivity index (χ3v) is 2.95. The van der Waals surface area contributed by atoms with Gasteiger partial charge in [-0.05, 0) is 38.5 Å². The molecule has 6 nitrogen and oxygen atoms in total. The van der Waals surface area contributed by atoms with E-state index in [1.54, 1.807) is 0 Å². The molecule has 0 amide bonds. The molecule has 0 aliphatic heterocycles. The maximum absolute atomic E-state index is 11.3. The predicted octanol–water partition coefficient (Wildman–Crippen LogP) is 1.73. The Balaban J connectivity index is 3.51. The second-order valence-electron chi connectivity index (χ2n) is 4.94. The number of aliphatic hydroxyl groups excluding tert-OH is 2. The van der Waals surface area contributed by atoms with E-state index in [1.807, 2.05) is 0 Å². The van der Waals surface area contributed by atoms with Crippen LogP contribution in [0.5, 0.6) is 0 Å². The van der Waals surface area contributed by atoms with Gasteiger partial charge in [-0.25, -0.2) is 9.59 Å². The van der Waals surface area contributed by atoms with Gasteiger partial charge < -0.3 is 19.7 Å². The van der Waals surface area contributed by atoms with Crippen molar-refractivity contribution in [3.8, 4) is 0 Å². The number of ether oxygens (including phenoxy) is 2. The fraction of sp³-hybridized carbons (Fsp3) is 0.750. The zero-order valence-electron chi connectivity index (χ0n) is 13.2. The second kappa shape index (κ2) is 16.0. The summed E-state index contributed by atoms with van der Waals surface area (Å²) >= 11 is 0. The standard InChI is InChI=1S/C16H28O6/c17-11-5-1-3-7-13-21-15(19)9-10-16(20)22-14-8-4-2-6-12-18/h9-10,17-18H,1-8,11-14H2. The molecule has 0 fully saturated rings. The topological polar surface area (TPSA) is 93.1 Å². The van der Waals surface area contributed by atoms with Crippen molar-refractivity contribution in [2.24, 2.45) is 0 Å². The van der Waals surface area contributed by atoms with E-state index >= 15 is 0 Å². The molecule has 0 aromatic rings. The summed E-state index contributed by atoms with van der Waals surface area (Å²) in [4.78, 5) is 22.6. The van der Waals surface area contributed by atoms with Gasteiger partial charge in [0.25, 0.3) is 0 Å². The van der Waals surface area contributed by atoms with Crippen molar-refractivity contribution < 1.29 is 29.3 Å². The molecular formula is C16H28O6. The van der Waals surface area contributed by atoms with E-state index in [4.69, 9.17) is 19.7 Å². The summed E-state index contributed by atoms with van der Waals surface area (Å²) in [5, 5.41) is 17.2. The molecule has 0 rings (SSSR count). The lowest BCUT2D eigenvalue weighted by atomic mass is 10.2. The highest BCUT2D eigenvalue weighted by Gasteiger charge is 2.01. The SMILES string of the molecule is O=C(C=CC(=O)OCCCCCCO)OCCCCCCO. The van der Waals surface area contributed by atoms with Crippen LogP contribution < -0.4 is 0 Å².